The largest absolute Gasteiger partial charge is 0.352 e. The van der Waals surface area contributed by atoms with Crippen LogP contribution in [0.5, 0.6) is 0 Å². The Kier molecular flexibility index (Phi) is 8.06. The van der Waals surface area contributed by atoms with Crippen LogP contribution in [0, 0.1) is 6.92 Å². The summed E-state index contributed by atoms with van der Waals surface area (Å²) in [4.78, 5) is 27.4. The topological polar surface area (TPSA) is 49.4 Å². The van der Waals surface area contributed by atoms with Gasteiger partial charge in [-0.05, 0) is 50.5 Å². The summed E-state index contributed by atoms with van der Waals surface area (Å²) in [5, 5.41) is 3.57. The fourth-order valence-corrected chi connectivity index (χ4v) is 3.07. The minimum atomic E-state index is -0.568. The van der Waals surface area contributed by atoms with Gasteiger partial charge in [0.25, 0.3) is 0 Å². The summed E-state index contributed by atoms with van der Waals surface area (Å²) in [5.41, 5.74) is 2.98. The van der Waals surface area contributed by atoms with Crippen molar-refractivity contribution in [2.75, 3.05) is 0 Å². The molecule has 28 heavy (non-hydrogen) atoms. The van der Waals surface area contributed by atoms with Crippen molar-refractivity contribution >= 4 is 23.4 Å². The number of halogens is 1. The molecule has 1 N–H and O–H groups in total. The van der Waals surface area contributed by atoms with Gasteiger partial charge in [-0.1, -0.05) is 60.5 Å². The highest BCUT2D eigenvalue weighted by molar-refractivity contribution is 6.30. The van der Waals surface area contributed by atoms with E-state index in [1.807, 2.05) is 57.2 Å². The highest BCUT2D eigenvalue weighted by Gasteiger charge is 2.26. The fourth-order valence-electron chi connectivity index (χ4n) is 2.86. The van der Waals surface area contributed by atoms with Crippen molar-refractivity contribution in [1.29, 1.82) is 0 Å². The lowest BCUT2D eigenvalue weighted by Gasteiger charge is -2.30. The molecule has 2 rings (SSSR count). The van der Waals surface area contributed by atoms with Gasteiger partial charge in [0.05, 0.1) is 6.42 Å². The maximum Gasteiger partial charge on any atom is 0.242 e. The van der Waals surface area contributed by atoms with Crippen LogP contribution < -0.4 is 5.32 Å². The van der Waals surface area contributed by atoms with Crippen molar-refractivity contribution in [2.45, 2.75) is 59.2 Å². The summed E-state index contributed by atoms with van der Waals surface area (Å²) in [6.07, 6.45) is 1.04. The molecule has 2 aromatic carbocycles. The summed E-state index contributed by atoms with van der Waals surface area (Å²) in [6, 6.07) is 14.8. The van der Waals surface area contributed by atoms with Crippen molar-refractivity contribution in [3.05, 3.63) is 70.2 Å². The summed E-state index contributed by atoms with van der Waals surface area (Å²) >= 11 is 6.05. The van der Waals surface area contributed by atoms with E-state index in [1.165, 1.54) is 0 Å². The molecule has 0 heterocycles. The van der Waals surface area contributed by atoms with Crippen LogP contribution in [0.15, 0.2) is 48.5 Å². The molecule has 150 valence electrons. The van der Waals surface area contributed by atoms with E-state index >= 15 is 0 Å². The molecule has 0 aliphatic carbocycles. The number of carbonyl (C=O) groups is 2. The molecule has 0 unspecified atom stereocenters. The monoisotopic (exact) mass is 400 g/mol. The van der Waals surface area contributed by atoms with Crippen LogP contribution in [0.4, 0.5) is 0 Å². The van der Waals surface area contributed by atoms with Gasteiger partial charge in [-0.15, -0.1) is 0 Å². The molecule has 2 atom stereocenters. The van der Waals surface area contributed by atoms with Gasteiger partial charge in [0, 0.05) is 17.6 Å². The first-order valence-electron chi connectivity index (χ1n) is 9.70. The summed E-state index contributed by atoms with van der Waals surface area (Å²) in [5.74, 6) is -0.240. The Morgan fingerprint density at radius 3 is 2.36 bits per heavy atom. The van der Waals surface area contributed by atoms with Gasteiger partial charge in [-0.3, -0.25) is 9.59 Å². The van der Waals surface area contributed by atoms with E-state index in [0.29, 0.717) is 11.6 Å². The van der Waals surface area contributed by atoms with Gasteiger partial charge in [0.15, 0.2) is 0 Å². The van der Waals surface area contributed by atoms with Gasteiger partial charge in [-0.25, -0.2) is 0 Å². The Bertz CT molecular complexity index is 805. The smallest absolute Gasteiger partial charge is 0.242 e. The zero-order valence-corrected chi connectivity index (χ0v) is 17.8. The van der Waals surface area contributed by atoms with Crippen LogP contribution in [-0.2, 0) is 22.6 Å². The maximum atomic E-state index is 13.1. The van der Waals surface area contributed by atoms with Gasteiger partial charge >= 0.3 is 0 Å². The summed E-state index contributed by atoms with van der Waals surface area (Å²) in [6.45, 7) is 8.16. The van der Waals surface area contributed by atoms with Crippen molar-refractivity contribution < 1.29 is 9.59 Å². The molecular formula is C23H29ClN2O2. The van der Waals surface area contributed by atoms with Crippen LogP contribution in [0.1, 0.15) is 43.9 Å². The van der Waals surface area contributed by atoms with E-state index in [2.05, 4.69) is 5.32 Å². The number of hydrogen-bond donors (Lipinski definition) is 1. The van der Waals surface area contributed by atoms with E-state index in [-0.39, 0.29) is 24.3 Å². The normalized spacial score (nSPS) is 12.9. The molecular weight excluding hydrogens is 372 g/mol. The number of amides is 2. The Morgan fingerprint density at radius 1 is 1.07 bits per heavy atom. The zero-order valence-electron chi connectivity index (χ0n) is 17.0. The lowest BCUT2D eigenvalue weighted by Crippen LogP contribution is -2.49. The van der Waals surface area contributed by atoms with E-state index in [4.69, 9.17) is 11.6 Å². The van der Waals surface area contributed by atoms with Crippen molar-refractivity contribution in [3.8, 4) is 0 Å². The van der Waals surface area contributed by atoms with Gasteiger partial charge in [0.1, 0.15) is 6.04 Å². The lowest BCUT2D eigenvalue weighted by atomic mass is 10.1. The molecule has 0 radical (unpaired) electrons. The van der Waals surface area contributed by atoms with Crippen molar-refractivity contribution in [2.24, 2.45) is 0 Å². The number of nitrogens with zero attached hydrogens (tertiary/aromatic N) is 1. The highest BCUT2D eigenvalue weighted by Crippen LogP contribution is 2.16. The molecule has 0 aliphatic heterocycles. The first-order valence-corrected chi connectivity index (χ1v) is 10.1. The average molecular weight is 401 g/mol. The second-order valence-electron chi connectivity index (χ2n) is 7.31. The molecule has 2 aromatic rings. The Labute approximate surface area is 172 Å². The standard InChI is InChI=1S/C23H29ClN2O2/c1-5-17(3)25-23(28)18(4)26(15-19-11-9-16(2)10-12-19)22(27)14-20-7-6-8-21(24)13-20/h6-13,17-18H,5,14-15H2,1-4H3,(H,25,28)/t17-,18-/m0/s1. The molecule has 0 bridgehead atoms. The van der Waals surface area contributed by atoms with Crippen molar-refractivity contribution in [1.82, 2.24) is 10.2 Å². The van der Waals surface area contributed by atoms with Crippen LogP contribution in [0.2, 0.25) is 5.02 Å². The third kappa shape index (κ3) is 6.38. The minimum Gasteiger partial charge on any atom is -0.352 e. The number of hydrogen-bond acceptors (Lipinski definition) is 2. The third-order valence-corrected chi connectivity index (χ3v) is 5.12. The van der Waals surface area contributed by atoms with Crippen LogP contribution in [0.3, 0.4) is 0 Å². The molecule has 0 saturated heterocycles. The number of carbonyl (C=O) groups excluding carboxylic acids is 2. The summed E-state index contributed by atoms with van der Waals surface area (Å²) < 4.78 is 0. The van der Waals surface area contributed by atoms with Gasteiger partial charge in [0.2, 0.25) is 11.8 Å². The van der Waals surface area contributed by atoms with E-state index in [9.17, 15) is 9.59 Å². The van der Waals surface area contributed by atoms with E-state index in [1.54, 1.807) is 24.0 Å². The molecule has 5 heteroatoms. The van der Waals surface area contributed by atoms with Crippen molar-refractivity contribution in [3.63, 3.8) is 0 Å². The summed E-state index contributed by atoms with van der Waals surface area (Å²) in [7, 11) is 0. The Balaban J connectivity index is 2.22. The first-order chi connectivity index (χ1) is 13.3. The number of aryl methyl sites for hydroxylation is 1. The lowest BCUT2D eigenvalue weighted by molar-refractivity contribution is -0.140. The fraction of sp³-hybridized carbons (Fsp3) is 0.391. The molecule has 0 fully saturated rings. The third-order valence-electron chi connectivity index (χ3n) is 4.89. The molecule has 2 amide bonds. The molecule has 0 saturated carbocycles. The molecule has 4 nitrogen and oxygen atoms in total. The second kappa shape index (κ2) is 10.3. The van der Waals surface area contributed by atoms with Crippen LogP contribution in [-0.4, -0.2) is 28.8 Å². The van der Waals surface area contributed by atoms with Gasteiger partial charge in [-0.2, -0.15) is 0 Å². The zero-order chi connectivity index (χ0) is 20.7. The Morgan fingerprint density at radius 2 is 1.75 bits per heavy atom. The van der Waals surface area contributed by atoms with Gasteiger partial charge < -0.3 is 10.2 Å². The van der Waals surface area contributed by atoms with Crippen LogP contribution >= 0.6 is 11.6 Å². The molecule has 0 spiro atoms. The predicted octanol–water partition coefficient (Wildman–Crippen LogP) is 4.52. The second-order valence-corrected chi connectivity index (χ2v) is 7.74. The van der Waals surface area contributed by atoms with E-state index in [0.717, 1.165) is 23.1 Å². The highest BCUT2D eigenvalue weighted by atomic mass is 35.5. The Hall–Kier alpha value is -2.33. The quantitative estimate of drug-likeness (QED) is 0.708. The van der Waals surface area contributed by atoms with Crippen LogP contribution in [0.25, 0.3) is 0 Å². The number of rotatable bonds is 8. The molecule has 0 aromatic heterocycles. The first kappa shape index (κ1) is 22.0. The van der Waals surface area contributed by atoms with E-state index < -0.39 is 6.04 Å². The molecule has 0 aliphatic rings. The predicted molar refractivity (Wildman–Crippen MR) is 114 cm³/mol. The SMILES string of the molecule is CC[C@H](C)NC(=O)[C@H](C)N(Cc1ccc(C)cc1)C(=O)Cc1cccc(Cl)c1. The maximum absolute atomic E-state index is 13.1. The number of nitrogens with one attached hydrogen (secondary N) is 1. The average Bonchev–Trinajstić information content (AvgIpc) is 2.66. The number of benzene rings is 2. The minimum absolute atomic E-state index is 0.0687.